The first-order valence-electron chi connectivity index (χ1n) is 10.6. The molecule has 2 saturated heterocycles. The maximum absolute atomic E-state index is 13.0. The summed E-state index contributed by atoms with van der Waals surface area (Å²) in [6, 6.07) is 5.66. The van der Waals surface area contributed by atoms with E-state index in [1.54, 1.807) is 0 Å². The van der Waals surface area contributed by atoms with E-state index in [1.807, 2.05) is 34.7 Å². The third-order valence-electron chi connectivity index (χ3n) is 6.03. The molecule has 0 spiro atoms. The van der Waals surface area contributed by atoms with Gasteiger partial charge < -0.3 is 19.7 Å². The number of piperazine rings is 1. The van der Waals surface area contributed by atoms with E-state index in [0.29, 0.717) is 17.4 Å². The zero-order chi connectivity index (χ0) is 21.1. The molecule has 0 bridgehead atoms. The number of likely N-dealkylation sites (N-methyl/N-ethyl adjacent to an activating group) is 1. The molecule has 0 aliphatic carbocycles. The summed E-state index contributed by atoms with van der Waals surface area (Å²) in [6.45, 7) is 6.64. The van der Waals surface area contributed by atoms with E-state index in [1.165, 1.54) is 0 Å². The summed E-state index contributed by atoms with van der Waals surface area (Å²) >= 11 is 6.29. The number of carbonyl (C=O) groups excluding carboxylic acids is 1. The van der Waals surface area contributed by atoms with Gasteiger partial charge in [-0.2, -0.15) is 0 Å². The Bertz CT molecular complexity index is 885. The minimum absolute atomic E-state index is 0.126. The number of benzene rings is 1. The number of halogens is 1. The molecule has 4 rings (SSSR count). The molecule has 0 unspecified atom stereocenters. The van der Waals surface area contributed by atoms with Gasteiger partial charge in [-0.05, 0) is 38.1 Å². The normalized spacial score (nSPS) is 18.2. The molecule has 1 N–H and O–H groups in total. The van der Waals surface area contributed by atoms with Gasteiger partial charge in [-0.25, -0.2) is 0 Å². The van der Waals surface area contributed by atoms with Gasteiger partial charge in [0.25, 0.3) is 0 Å². The topological polar surface area (TPSA) is 69.5 Å². The predicted octanol–water partition coefficient (Wildman–Crippen LogP) is 2.01. The van der Waals surface area contributed by atoms with Crippen molar-refractivity contribution in [1.82, 2.24) is 29.5 Å². The molecule has 2 fully saturated rings. The fourth-order valence-electron chi connectivity index (χ4n) is 4.14. The lowest BCUT2D eigenvalue weighted by molar-refractivity contribution is -0.130. The SMILES string of the molecule is CNc1ccc(Cl)cc1-c1nnc(CN2CCN(C)CC2)n1CC(=O)N1CCCC1. The molecule has 30 heavy (non-hydrogen) atoms. The summed E-state index contributed by atoms with van der Waals surface area (Å²) in [6.07, 6.45) is 2.15. The molecular weight excluding hydrogens is 402 g/mol. The number of nitrogens with zero attached hydrogens (tertiary/aromatic N) is 6. The second-order valence-corrected chi connectivity index (χ2v) is 8.57. The van der Waals surface area contributed by atoms with Crippen molar-refractivity contribution in [1.29, 1.82) is 0 Å². The van der Waals surface area contributed by atoms with E-state index in [-0.39, 0.29) is 12.5 Å². The van der Waals surface area contributed by atoms with Gasteiger partial charge in [0, 0.05) is 62.6 Å². The van der Waals surface area contributed by atoms with Gasteiger partial charge in [0.15, 0.2) is 5.82 Å². The molecule has 2 aromatic rings. The molecule has 0 saturated carbocycles. The molecule has 3 heterocycles. The van der Waals surface area contributed by atoms with Crippen molar-refractivity contribution < 1.29 is 4.79 Å². The van der Waals surface area contributed by atoms with Crippen molar-refractivity contribution in [3.8, 4) is 11.4 Å². The minimum atomic E-state index is 0.126. The summed E-state index contributed by atoms with van der Waals surface area (Å²) in [5.74, 6) is 1.63. The Morgan fingerprint density at radius 1 is 1.10 bits per heavy atom. The van der Waals surface area contributed by atoms with Crippen molar-refractivity contribution in [2.45, 2.75) is 25.9 Å². The van der Waals surface area contributed by atoms with Crippen LogP contribution in [0.2, 0.25) is 5.02 Å². The van der Waals surface area contributed by atoms with Crippen LogP contribution in [0.5, 0.6) is 0 Å². The second kappa shape index (κ2) is 9.32. The van der Waals surface area contributed by atoms with Gasteiger partial charge in [0.1, 0.15) is 12.4 Å². The summed E-state index contributed by atoms with van der Waals surface area (Å²) < 4.78 is 1.98. The first kappa shape index (κ1) is 21.1. The lowest BCUT2D eigenvalue weighted by Gasteiger charge is -2.32. The van der Waals surface area contributed by atoms with Crippen LogP contribution >= 0.6 is 11.6 Å². The zero-order valence-corrected chi connectivity index (χ0v) is 18.5. The molecule has 2 aliphatic heterocycles. The molecule has 8 nitrogen and oxygen atoms in total. The summed E-state index contributed by atoms with van der Waals surface area (Å²) in [5, 5.41) is 12.8. The highest BCUT2D eigenvalue weighted by Gasteiger charge is 2.25. The molecule has 9 heteroatoms. The Hall–Kier alpha value is -2.16. The van der Waals surface area contributed by atoms with Crippen molar-refractivity contribution in [2.24, 2.45) is 0 Å². The summed E-state index contributed by atoms with van der Waals surface area (Å²) in [5.41, 5.74) is 1.77. The van der Waals surface area contributed by atoms with Crippen molar-refractivity contribution in [2.75, 3.05) is 58.7 Å². The second-order valence-electron chi connectivity index (χ2n) is 8.13. The zero-order valence-electron chi connectivity index (χ0n) is 17.8. The highest BCUT2D eigenvalue weighted by atomic mass is 35.5. The Morgan fingerprint density at radius 3 is 2.53 bits per heavy atom. The number of carbonyl (C=O) groups is 1. The van der Waals surface area contributed by atoms with Crippen LogP contribution in [-0.2, 0) is 17.9 Å². The molecule has 162 valence electrons. The van der Waals surface area contributed by atoms with Crippen LogP contribution in [0.15, 0.2) is 18.2 Å². The first-order valence-corrected chi connectivity index (χ1v) is 11.0. The van der Waals surface area contributed by atoms with Crippen LogP contribution in [0.25, 0.3) is 11.4 Å². The highest BCUT2D eigenvalue weighted by molar-refractivity contribution is 6.31. The van der Waals surface area contributed by atoms with Crippen molar-refractivity contribution in [3.05, 3.63) is 29.0 Å². The number of aromatic nitrogens is 3. The van der Waals surface area contributed by atoms with Gasteiger partial charge in [-0.3, -0.25) is 9.69 Å². The Morgan fingerprint density at radius 2 is 1.83 bits per heavy atom. The molecule has 1 amide bonds. The predicted molar refractivity (Wildman–Crippen MR) is 119 cm³/mol. The van der Waals surface area contributed by atoms with Gasteiger partial charge in [0.05, 0.1) is 6.54 Å². The van der Waals surface area contributed by atoms with E-state index in [2.05, 4.69) is 32.4 Å². The van der Waals surface area contributed by atoms with E-state index < -0.39 is 0 Å². The smallest absolute Gasteiger partial charge is 0.242 e. The number of amides is 1. The van der Waals surface area contributed by atoms with Crippen LogP contribution in [0.4, 0.5) is 5.69 Å². The highest BCUT2D eigenvalue weighted by Crippen LogP contribution is 2.30. The van der Waals surface area contributed by atoms with Crippen molar-refractivity contribution in [3.63, 3.8) is 0 Å². The molecular formula is C21H30ClN7O. The van der Waals surface area contributed by atoms with Crippen molar-refractivity contribution >= 4 is 23.2 Å². The average Bonchev–Trinajstić information content (AvgIpc) is 3.41. The Kier molecular flexibility index (Phi) is 6.55. The van der Waals surface area contributed by atoms with E-state index in [0.717, 1.165) is 69.2 Å². The van der Waals surface area contributed by atoms with Gasteiger partial charge in [0.2, 0.25) is 5.91 Å². The quantitative estimate of drug-likeness (QED) is 0.754. The number of anilines is 1. The molecule has 1 aromatic heterocycles. The standard InChI is InChI=1S/C21H30ClN7O/c1-23-18-6-5-16(22)13-17(18)21-25-24-19(14-27-11-9-26(2)10-12-27)29(21)15-20(30)28-7-3-4-8-28/h5-6,13,23H,3-4,7-12,14-15H2,1-2H3. The lowest BCUT2D eigenvalue weighted by atomic mass is 10.1. The minimum Gasteiger partial charge on any atom is -0.388 e. The molecule has 1 aromatic carbocycles. The molecule has 0 atom stereocenters. The van der Waals surface area contributed by atoms with E-state index in [9.17, 15) is 4.79 Å². The molecule has 2 aliphatic rings. The number of hydrogen-bond acceptors (Lipinski definition) is 6. The molecule has 0 radical (unpaired) electrons. The fraction of sp³-hybridized carbons (Fsp3) is 0.571. The average molecular weight is 432 g/mol. The Labute approximate surface area is 182 Å². The van der Waals surface area contributed by atoms with Crippen LogP contribution in [0.3, 0.4) is 0 Å². The summed E-state index contributed by atoms with van der Waals surface area (Å²) in [7, 11) is 4.01. The van der Waals surface area contributed by atoms with Crippen LogP contribution in [0.1, 0.15) is 18.7 Å². The number of nitrogens with one attached hydrogen (secondary N) is 1. The van der Waals surface area contributed by atoms with Gasteiger partial charge in [-0.1, -0.05) is 11.6 Å². The number of hydrogen-bond donors (Lipinski definition) is 1. The van der Waals surface area contributed by atoms with Crippen LogP contribution in [-0.4, -0.2) is 88.7 Å². The van der Waals surface area contributed by atoms with E-state index >= 15 is 0 Å². The van der Waals surface area contributed by atoms with Crippen LogP contribution < -0.4 is 5.32 Å². The third kappa shape index (κ3) is 4.61. The third-order valence-corrected chi connectivity index (χ3v) is 6.27. The van der Waals surface area contributed by atoms with Gasteiger partial charge >= 0.3 is 0 Å². The maximum atomic E-state index is 13.0. The largest absolute Gasteiger partial charge is 0.388 e. The lowest BCUT2D eigenvalue weighted by Crippen LogP contribution is -2.44. The number of rotatable bonds is 6. The summed E-state index contributed by atoms with van der Waals surface area (Å²) in [4.78, 5) is 19.6. The maximum Gasteiger partial charge on any atom is 0.242 e. The Balaban J connectivity index is 1.66. The van der Waals surface area contributed by atoms with E-state index in [4.69, 9.17) is 11.6 Å². The first-order chi connectivity index (χ1) is 14.5. The monoisotopic (exact) mass is 431 g/mol. The number of likely N-dealkylation sites (tertiary alicyclic amines) is 1. The van der Waals surface area contributed by atoms with Crippen LogP contribution in [0, 0.1) is 0 Å². The fourth-order valence-corrected chi connectivity index (χ4v) is 4.32. The van der Waals surface area contributed by atoms with Gasteiger partial charge in [-0.15, -0.1) is 10.2 Å².